The van der Waals surface area contributed by atoms with Crippen LogP contribution >= 0.6 is 0 Å². The maximum absolute atomic E-state index is 13.2. The number of nitrogens with one attached hydrogen (secondary N) is 1. The summed E-state index contributed by atoms with van der Waals surface area (Å²) >= 11 is 0. The third kappa shape index (κ3) is 4.77. The highest BCUT2D eigenvalue weighted by Crippen LogP contribution is 2.23. The first-order valence-electron chi connectivity index (χ1n) is 7.16. The van der Waals surface area contributed by atoms with Gasteiger partial charge in [-0.15, -0.1) is 0 Å². The summed E-state index contributed by atoms with van der Waals surface area (Å²) in [7, 11) is 0. The van der Waals surface area contributed by atoms with Crippen LogP contribution in [0.3, 0.4) is 0 Å². The van der Waals surface area contributed by atoms with E-state index < -0.39 is 0 Å². The predicted molar refractivity (Wildman–Crippen MR) is 76.2 cm³/mol. The normalized spacial score (nSPS) is 12.9. The van der Waals surface area contributed by atoms with Crippen molar-refractivity contribution in [1.82, 2.24) is 5.32 Å². The van der Waals surface area contributed by atoms with E-state index in [4.69, 9.17) is 0 Å². The topological polar surface area (TPSA) is 12.0 Å². The van der Waals surface area contributed by atoms with E-state index in [2.05, 4.69) is 26.1 Å². The number of benzene rings is 1. The van der Waals surface area contributed by atoms with E-state index in [-0.39, 0.29) is 5.82 Å². The molecule has 18 heavy (non-hydrogen) atoms. The molecular weight excluding hydrogens is 225 g/mol. The second kappa shape index (κ2) is 8.25. The average molecular weight is 251 g/mol. The van der Waals surface area contributed by atoms with Gasteiger partial charge in [0.2, 0.25) is 0 Å². The van der Waals surface area contributed by atoms with Crippen LogP contribution in [0.5, 0.6) is 0 Å². The van der Waals surface area contributed by atoms with Gasteiger partial charge in [-0.25, -0.2) is 4.39 Å². The van der Waals surface area contributed by atoms with Crippen LogP contribution in [0.2, 0.25) is 0 Å². The molecule has 1 aromatic rings. The van der Waals surface area contributed by atoms with E-state index in [9.17, 15) is 4.39 Å². The second-order valence-corrected chi connectivity index (χ2v) is 4.98. The number of rotatable bonds is 8. The first-order chi connectivity index (χ1) is 8.71. The van der Waals surface area contributed by atoms with Gasteiger partial charge in [-0.1, -0.05) is 45.7 Å². The molecule has 1 unspecified atom stereocenters. The molecular formula is C16H26FN. The molecule has 0 aromatic heterocycles. The number of halogens is 1. The van der Waals surface area contributed by atoms with Crippen molar-refractivity contribution in [2.45, 2.75) is 40.0 Å². The van der Waals surface area contributed by atoms with Crippen molar-refractivity contribution in [3.8, 4) is 0 Å². The van der Waals surface area contributed by atoms with Gasteiger partial charge in [0.25, 0.3) is 0 Å². The summed E-state index contributed by atoms with van der Waals surface area (Å²) in [6.07, 6.45) is 3.36. The minimum absolute atomic E-state index is 0.126. The summed E-state index contributed by atoms with van der Waals surface area (Å²) in [5, 5.41) is 3.44. The lowest BCUT2D eigenvalue weighted by Gasteiger charge is -2.25. The van der Waals surface area contributed by atoms with Crippen molar-refractivity contribution >= 4 is 0 Å². The Morgan fingerprint density at radius 3 is 2.39 bits per heavy atom. The molecule has 0 saturated heterocycles. The zero-order valence-corrected chi connectivity index (χ0v) is 11.9. The van der Waals surface area contributed by atoms with Crippen molar-refractivity contribution in [2.75, 3.05) is 13.1 Å². The van der Waals surface area contributed by atoms with Crippen molar-refractivity contribution in [3.05, 3.63) is 35.6 Å². The number of hydrogen-bond acceptors (Lipinski definition) is 1. The molecule has 0 heterocycles. The first kappa shape index (κ1) is 15.2. The predicted octanol–water partition coefficient (Wildman–Crippen LogP) is 4.03. The fourth-order valence-corrected chi connectivity index (χ4v) is 2.66. The summed E-state index contributed by atoms with van der Waals surface area (Å²) in [6.45, 7) is 8.66. The molecule has 0 aliphatic carbocycles. The van der Waals surface area contributed by atoms with Crippen LogP contribution < -0.4 is 5.32 Å². The Hall–Kier alpha value is -0.890. The summed E-state index contributed by atoms with van der Waals surface area (Å²) in [4.78, 5) is 0. The quantitative estimate of drug-likeness (QED) is 0.735. The minimum atomic E-state index is -0.126. The molecule has 0 aliphatic rings. The second-order valence-electron chi connectivity index (χ2n) is 4.98. The van der Waals surface area contributed by atoms with E-state index in [1.165, 1.54) is 18.9 Å². The summed E-state index contributed by atoms with van der Waals surface area (Å²) in [5.41, 5.74) is 1.12. The van der Waals surface area contributed by atoms with Crippen LogP contribution in [0.1, 0.15) is 39.2 Å². The van der Waals surface area contributed by atoms with Gasteiger partial charge >= 0.3 is 0 Å². The Balaban J connectivity index is 2.70. The van der Waals surface area contributed by atoms with Crippen molar-refractivity contribution < 1.29 is 4.39 Å². The molecule has 1 nitrogen and oxygen atoms in total. The largest absolute Gasteiger partial charge is 0.317 e. The highest BCUT2D eigenvalue weighted by molar-refractivity contribution is 5.17. The maximum atomic E-state index is 13.2. The smallest absolute Gasteiger partial charge is 0.123 e. The summed E-state index contributed by atoms with van der Waals surface area (Å²) in [6, 6.07) is 7.02. The third-order valence-corrected chi connectivity index (χ3v) is 3.76. The summed E-state index contributed by atoms with van der Waals surface area (Å²) in [5.74, 6) is 1.19. The van der Waals surface area contributed by atoms with E-state index in [0.717, 1.165) is 25.1 Å². The minimum Gasteiger partial charge on any atom is -0.317 e. The van der Waals surface area contributed by atoms with Gasteiger partial charge in [0.1, 0.15) is 5.82 Å². The van der Waals surface area contributed by atoms with Crippen molar-refractivity contribution in [1.29, 1.82) is 0 Å². The lowest BCUT2D eigenvalue weighted by Crippen LogP contribution is -2.29. The van der Waals surface area contributed by atoms with Gasteiger partial charge < -0.3 is 5.32 Å². The van der Waals surface area contributed by atoms with Crippen LogP contribution in [-0.2, 0) is 6.42 Å². The fraction of sp³-hybridized carbons (Fsp3) is 0.625. The molecule has 1 atom stereocenters. The van der Waals surface area contributed by atoms with Crippen LogP contribution in [0.15, 0.2) is 24.3 Å². The highest BCUT2D eigenvalue weighted by atomic mass is 19.1. The standard InChI is InChI=1S/C16H26FN/c1-4-14(5-2)15(12-18-6-3)10-13-8-7-9-16(17)11-13/h7-9,11,14-15,18H,4-6,10,12H2,1-3H3. The van der Waals surface area contributed by atoms with Crippen molar-refractivity contribution in [2.24, 2.45) is 11.8 Å². The average Bonchev–Trinajstić information content (AvgIpc) is 2.37. The molecule has 2 heteroatoms. The summed E-state index contributed by atoms with van der Waals surface area (Å²) < 4.78 is 13.2. The Morgan fingerprint density at radius 1 is 1.11 bits per heavy atom. The Kier molecular flexibility index (Phi) is 6.96. The van der Waals surface area contributed by atoms with E-state index in [0.29, 0.717) is 11.8 Å². The van der Waals surface area contributed by atoms with Crippen molar-refractivity contribution in [3.63, 3.8) is 0 Å². The molecule has 0 saturated carbocycles. The van der Waals surface area contributed by atoms with Crippen LogP contribution in [0.25, 0.3) is 0 Å². The molecule has 1 aromatic carbocycles. The molecule has 0 bridgehead atoms. The van der Waals surface area contributed by atoms with Gasteiger partial charge in [0.15, 0.2) is 0 Å². The zero-order chi connectivity index (χ0) is 13.4. The molecule has 0 aliphatic heterocycles. The highest BCUT2D eigenvalue weighted by Gasteiger charge is 2.18. The maximum Gasteiger partial charge on any atom is 0.123 e. The lowest BCUT2D eigenvalue weighted by atomic mass is 9.83. The van der Waals surface area contributed by atoms with Gasteiger partial charge in [0, 0.05) is 0 Å². The lowest BCUT2D eigenvalue weighted by molar-refractivity contribution is 0.299. The molecule has 1 N–H and O–H groups in total. The monoisotopic (exact) mass is 251 g/mol. The Morgan fingerprint density at radius 2 is 1.83 bits per heavy atom. The molecule has 0 amide bonds. The van der Waals surface area contributed by atoms with Gasteiger partial charge in [-0.05, 0) is 49.0 Å². The molecule has 0 spiro atoms. The third-order valence-electron chi connectivity index (χ3n) is 3.76. The van der Waals surface area contributed by atoms with E-state index in [1.807, 2.05) is 12.1 Å². The molecule has 102 valence electrons. The number of hydrogen-bond donors (Lipinski definition) is 1. The zero-order valence-electron chi connectivity index (χ0n) is 11.9. The fourth-order valence-electron chi connectivity index (χ4n) is 2.66. The molecule has 1 rings (SSSR count). The van der Waals surface area contributed by atoms with E-state index in [1.54, 1.807) is 6.07 Å². The van der Waals surface area contributed by atoms with Crippen LogP contribution in [0.4, 0.5) is 4.39 Å². The van der Waals surface area contributed by atoms with Gasteiger partial charge in [0.05, 0.1) is 0 Å². The van der Waals surface area contributed by atoms with E-state index >= 15 is 0 Å². The van der Waals surface area contributed by atoms with Gasteiger partial charge in [-0.3, -0.25) is 0 Å². The van der Waals surface area contributed by atoms with Crippen LogP contribution in [-0.4, -0.2) is 13.1 Å². The SMILES string of the molecule is CCNCC(Cc1cccc(F)c1)C(CC)CC. The first-order valence-corrected chi connectivity index (χ1v) is 7.16. The Labute approximate surface area is 111 Å². The Bertz CT molecular complexity index is 334. The van der Waals surface area contributed by atoms with Crippen LogP contribution in [0, 0.1) is 17.7 Å². The molecule has 0 radical (unpaired) electrons. The molecule has 0 fully saturated rings. The van der Waals surface area contributed by atoms with Gasteiger partial charge in [-0.2, -0.15) is 0 Å².